The zero-order valence-electron chi connectivity index (χ0n) is 10.2. The third kappa shape index (κ3) is 1.88. The maximum absolute atomic E-state index is 6.26. The Bertz CT molecular complexity index is 792. The number of halogens is 1. The Morgan fingerprint density at radius 1 is 1.10 bits per heavy atom. The van der Waals surface area contributed by atoms with Crippen LogP contribution in [0.1, 0.15) is 0 Å². The fourth-order valence-electron chi connectivity index (χ4n) is 2.06. The minimum atomic E-state index is 0.398. The van der Waals surface area contributed by atoms with Crippen molar-refractivity contribution in [3.05, 3.63) is 29.0 Å². The van der Waals surface area contributed by atoms with E-state index < -0.39 is 0 Å². The van der Waals surface area contributed by atoms with Crippen molar-refractivity contribution in [2.75, 3.05) is 13.2 Å². The van der Waals surface area contributed by atoms with Crippen LogP contribution < -0.4 is 9.47 Å². The molecule has 0 bridgehead atoms. The summed E-state index contributed by atoms with van der Waals surface area (Å²) in [7, 11) is 0. The van der Waals surface area contributed by atoms with E-state index in [1.807, 2.05) is 12.1 Å². The second-order valence-electron chi connectivity index (χ2n) is 4.22. The van der Waals surface area contributed by atoms with Crippen LogP contribution in [0.25, 0.3) is 21.6 Å². The highest BCUT2D eigenvalue weighted by Gasteiger charge is 2.16. The molecule has 1 aliphatic rings. The molecule has 0 unspecified atom stereocenters. The van der Waals surface area contributed by atoms with Gasteiger partial charge in [-0.3, -0.25) is 4.98 Å². The molecule has 0 N–H and O–H groups in total. The number of hydrogen-bond donors (Lipinski definition) is 0. The van der Waals surface area contributed by atoms with Crippen LogP contribution in [0.5, 0.6) is 11.5 Å². The summed E-state index contributed by atoms with van der Waals surface area (Å²) < 4.78 is 11.1. The first kappa shape index (κ1) is 11.9. The summed E-state index contributed by atoms with van der Waals surface area (Å²) in [6.45, 7) is 1.08. The van der Waals surface area contributed by atoms with Crippen molar-refractivity contribution in [3.8, 4) is 22.2 Å². The van der Waals surface area contributed by atoms with E-state index in [1.54, 1.807) is 11.7 Å². The minimum Gasteiger partial charge on any atom is -0.486 e. The van der Waals surface area contributed by atoms with Gasteiger partial charge in [0.15, 0.2) is 17.3 Å². The first-order chi connectivity index (χ1) is 9.81. The molecular weight excluding hydrogens is 298 g/mol. The van der Waals surface area contributed by atoms with Gasteiger partial charge in [-0.15, -0.1) is 11.3 Å². The number of rotatable bonds is 1. The summed E-state index contributed by atoms with van der Waals surface area (Å²) in [5.41, 5.74) is 2.47. The van der Waals surface area contributed by atoms with Crippen molar-refractivity contribution in [1.29, 1.82) is 0 Å². The number of aromatic nitrogens is 3. The van der Waals surface area contributed by atoms with Crippen molar-refractivity contribution < 1.29 is 9.47 Å². The van der Waals surface area contributed by atoms with Gasteiger partial charge in [-0.1, -0.05) is 11.6 Å². The van der Waals surface area contributed by atoms with Gasteiger partial charge in [0.25, 0.3) is 0 Å². The average molecular weight is 306 g/mol. The molecule has 0 atom stereocenters. The molecule has 3 heterocycles. The largest absolute Gasteiger partial charge is 0.486 e. The molecule has 0 radical (unpaired) electrons. The lowest BCUT2D eigenvalue weighted by Crippen LogP contribution is -2.15. The zero-order chi connectivity index (χ0) is 13.5. The van der Waals surface area contributed by atoms with E-state index in [0.29, 0.717) is 35.7 Å². The molecule has 4 rings (SSSR count). The molecule has 20 heavy (non-hydrogen) atoms. The summed E-state index contributed by atoms with van der Waals surface area (Å²) in [5, 5.41) is 1.15. The van der Waals surface area contributed by atoms with Gasteiger partial charge in [0.1, 0.15) is 18.4 Å². The number of ether oxygens (including phenoxy) is 2. The predicted molar refractivity (Wildman–Crippen MR) is 76.6 cm³/mol. The van der Waals surface area contributed by atoms with Gasteiger partial charge in [0, 0.05) is 17.6 Å². The highest BCUT2D eigenvalue weighted by atomic mass is 35.5. The van der Waals surface area contributed by atoms with Crippen LogP contribution >= 0.6 is 22.9 Å². The van der Waals surface area contributed by atoms with Crippen molar-refractivity contribution >= 4 is 33.8 Å². The van der Waals surface area contributed by atoms with Crippen LogP contribution in [0.3, 0.4) is 0 Å². The van der Waals surface area contributed by atoms with E-state index in [0.717, 1.165) is 15.8 Å². The van der Waals surface area contributed by atoms with Gasteiger partial charge < -0.3 is 9.47 Å². The molecule has 0 spiro atoms. The lowest BCUT2D eigenvalue weighted by Gasteiger charge is -2.18. The molecule has 1 aromatic carbocycles. The van der Waals surface area contributed by atoms with Crippen molar-refractivity contribution in [1.82, 2.24) is 15.0 Å². The van der Waals surface area contributed by atoms with E-state index in [9.17, 15) is 0 Å². The summed E-state index contributed by atoms with van der Waals surface area (Å²) in [6, 6.07) is 3.66. The van der Waals surface area contributed by atoms with E-state index in [4.69, 9.17) is 21.1 Å². The first-order valence-corrected chi connectivity index (χ1v) is 7.23. The number of benzene rings is 1. The average Bonchev–Trinajstić information content (AvgIpc) is 2.99. The highest BCUT2D eigenvalue weighted by Crippen LogP contribution is 2.36. The minimum absolute atomic E-state index is 0.398. The Hall–Kier alpha value is -1.92. The molecule has 0 aliphatic carbocycles. The van der Waals surface area contributed by atoms with Crippen LogP contribution in [0.15, 0.2) is 23.8 Å². The van der Waals surface area contributed by atoms with Crippen molar-refractivity contribution in [2.24, 2.45) is 0 Å². The quantitative estimate of drug-likeness (QED) is 0.646. The van der Waals surface area contributed by atoms with Crippen LogP contribution in [-0.4, -0.2) is 28.2 Å². The molecule has 3 aromatic rings. The van der Waals surface area contributed by atoms with Crippen LogP contribution in [0.4, 0.5) is 0 Å². The topological polar surface area (TPSA) is 57.1 Å². The SMILES string of the molecule is Clc1nc(-c2cncs2)nc2cc3c(cc12)OCCO3. The molecule has 2 aromatic heterocycles. The maximum Gasteiger partial charge on any atom is 0.173 e. The lowest BCUT2D eigenvalue weighted by atomic mass is 10.2. The zero-order valence-corrected chi connectivity index (χ0v) is 11.7. The third-order valence-electron chi connectivity index (χ3n) is 2.97. The predicted octanol–water partition coefficient (Wildman–Crippen LogP) is 3.18. The Kier molecular flexibility index (Phi) is 2.71. The standard InChI is InChI=1S/C13H8ClN3O2S/c14-12-7-3-9-10(19-2-1-18-9)4-8(7)16-13(17-12)11-5-15-6-20-11/h3-6H,1-2H2. The lowest BCUT2D eigenvalue weighted by molar-refractivity contribution is 0.172. The molecule has 0 amide bonds. The number of fused-ring (bicyclic) bond motifs is 2. The van der Waals surface area contributed by atoms with Gasteiger partial charge in [-0.2, -0.15) is 0 Å². The fraction of sp³-hybridized carbons (Fsp3) is 0.154. The van der Waals surface area contributed by atoms with E-state index >= 15 is 0 Å². The Labute approximate surface area is 123 Å². The Morgan fingerprint density at radius 2 is 1.90 bits per heavy atom. The highest BCUT2D eigenvalue weighted by molar-refractivity contribution is 7.13. The van der Waals surface area contributed by atoms with E-state index in [-0.39, 0.29) is 0 Å². The smallest absolute Gasteiger partial charge is 0.173 e. The first-order valence-electron chi connectivity index (χ1n) is 5.97. The van der Waals surface area contributed by atoms with Gasteiger partial charge in [0.05, 0.1) is 15.9 Å². The number of thiazole rings is 1. The van der Waals surface area contributed by atoms with Gasteiger partial charge in [-0.25, -0.2) is 9.97 Å². The monoisotopic (exact) mass is 305 g/mol. The molecular formula is C13H8ClN3O2S. The normalized spacial score (nSPS) is 13.7. The molecule has 7 heteroatoms. The van der Waals surface area contributed by atoms with Crippen molar-refractivity contribution in [3.63, 3.8) is 0 Å². The van der Waals surface area contributed by atoms with E-state index in [2.05, 4.69) is 15.0 Å². The van der Waals surface area contributed by atoms with Crippen molar-refractivity contribution in [2.45, 2.75) is 0 Å². The Balaban J connectivity index is 1.95. The van der Waals surface area contributed by atoms with Crippen LogP contribution in [0.2, 0.25) is 5.15 Å². The van der Waals surface area contributed by atoms with Crippen LogP contribution in [0, 0.1) is 0 Å². The molecule has 1 aliphatic heterocycles. The van der Waals surface area contributed by atoms with Gasteiger partial charge in [-0.05, 0) is 6.07 Å². The summed E-state index contributed by atoms with van der Waals surface area (Å²) >= 11 is 7.73. The molecule has 0 fully saturated rings. The summed E-state index contributed by atoms with van der Waals surface area (Å²) in [5.74, 6) is 1.94. The number of hydrogen-bond acceptors (Lipinski definition) is 6. The third-order valence-corrected chi connectivity index (χ3v) is 4.02. The molecule has 0 saturated heterocycles. The molecule has 5 nitrogen and oxygen atoms in total. The molecule has 100 valence electrons. The second kappa shape index (κ2) is 4.57. The summed E-state index contributed by atoms with van der Waals surface area (Å²) in [6.07, 6.45) is 1.72. The fourth-order valence-corrected chi connectivity index (χ4v) is 2.85. The Morgan fingerprint density at radius 3 is 2.65 bits per heavy atom. The van der Waals surface area contributed by atoms with Gasteiger partial charge in [0.2, 0.25) is 0 Å². The van der Waals surface area contributed by atoms with Crippen LogP contribution in [-0.2, 0) is 0 Å². The maximum atomic E-state index is 6.26. The van der Waals surface area contributed by atoms with Gasteiger partial charge >= 0.3 is 0 Å². The number of nitrogens with zero attached hydrogens (tertiary/aromatic N) is 3. The molecule has 0 saturated carbocycles. The van der Waals surface area contributed by atoms with E-state index in [1.165, 1.54) is 11.3 Å². The second-order valence-corrected chi connectivity index (χ2v) is 5.46. The summed E-state index contributed by atoms with van der Waals surface area (Å²) in [4.78, 5) is 13.8.